The maximum absolute atomic E-state index is 6.29. The number of halogens is 2. The molecule has 1 aromatic heterocycles. The normalized spacial score (nSPS) is 20.6. The van der Waals surface area contributed by atoms with Gasteiger partial charge in [-0.25, -0.2) is 4.98 Å². The number of ether oxygens (including phenoxy) is 1. The summed E-state index contributed by atoms with van der Waals surface area (Å²) < 4.78 is 8.99. The summed E-state index contributed by atoms with van der Waals surface area (Å²) in [6.07, 6.45) is 3.77. The van der Waals surface area contributed by atoms with Gasteiger partial charge in [0.1, 0.15) is 5.82 Å². The molecule has 1 saturated heterocycles. The van der Waals surface area contributed by atoms with Crippen molar-refractivity contribution in [3.63, 3.8) is 0 Å². The van der Waals surface area contributed by atoms with E-state index in [0.717, 1.165) is 40.9 Å². The lowest BCUT2D eigenvalue weighted by atomic mass is 10.2. The van der Waals surface area contributed by atoms with Crippen LogP contribution in [-0.2, 0) is 11.3 Å². The number of nitrogens with zero attached hydrogens (tertiary/aromatic N) is 2. The summed E-state index contributed by atoms with van der Waals surface area (Å²) in [7, 11) is 0. The first-order valence-electron chi connectivity index (χ1n) is 7.06. The maximum Gasteiger partial charge on any atom is 0.127 e. The minimum atomic E-state index is -0.0920. The lowest BCUT2D eigenvalue weighted by Gasteiger charge is -2.13. The minimum Gasteiger partial charge on any atom is -0.378 e. The second-order valence-corrected chi connectivity index (χ2v) is 6.86. The van der Waals surface area contributed by atoms with Gasteiger partial charge in [0.05, 0.1) is 22.5 Å². The van der Waals surface area contributed by atoms with Gasteiger partial charge in [-0.1, -0.05) is 15.9 Å². The smallest absolute Gasteiger partial charge is 0.127 e. The van der Waals surface area contributed by atoms with Gasteiger partial charge < -0.3 is 9.30 Å². The Kier molecular flexibility index (Phi) is 4.34. The van der Waals surface area contributed by atoms with Crippen molar-refractivity contribution in [2.45, 2.75) is 44.2 Å². The van der Waals surface area contributed by atoms with Gasteiger partial charge in [-0.3, -0.25) is 0 Å². The van der Waals surface area contributed by atoms with E-state index in [0.29, 0.717) is 6.10 Å². The highest BCUT2D eigenvalue weighted by Gasteiger charge is 2.19. The maximum atomic E-state index is 6.29. The topological polar surface area (TPSA) is 27.1 Å². The van der Waals surface area contributed by atoms with Gasteiger partial charge in [-0.05, 0) is 44.4 Å². The van der Waals surface area contributed by atoms with E-state index >= 15 is 0 Å². The summed E-state index contributed by atoms with van der Waals surface area (Å²) in [6.45, 7) is 3.79. The van der Waals surface area contributed by atoms with E-state index in [2.05, 4.69) is 37.6 Å². The fourth-order valence-corrected chi connectivity index (χ4v) is 3.32. The lowest BCUT2D eigenvalue weighted by molar-refractivity contribution is 0.100. The first-order chi connectivity index (χ1) is 9.65. The SMILES string of the molecule is CC(Cl)c1nc2cc(Br)ccc2n1CCC1CCCO1. The molecule has 0 bridgehead atoms. The Balaban J connectivity index is 1.91. The summed E-state index contributed by atoms with van der Waals surface area (Å²) >= 11 is 9.78. The molecule has 0 N–H and O–H groups in total. The molecule has 2 atom stereocenters. The predicted octanol–water partition coefficient (Wildman–Crippen LogP) is 4.67. The fourth-order valence-electron chi connectivity index (χ4n) is 2.81. The van der Waals surface area contributed by atoms with E-state index < -0.39 is 0 Å². The molecule has 0 aliphatic carbocycles. The molecule has 20 heavy (non-hydrogen) atoms. The van der Waals surface area contributed by atoms with Crippen molar-refractivity contribution in [1.29, 1.82) is 0 Å². The monoisotopic (exact) mass is 356 g/mol. The van der Waals surface area contributed by atoms with E-state index in [1.165, 1.54) is 12.8 Å². The molecule has 108 valence electrons. The second-order valence-electron chi connectivity index (χ2n) is 5.29. The van der Waals surface area contributed by atoms with Gasteiger partial charge >= 0.3 is 0 Å². The van der Waals surface area contributed by atoms with Gasteiger partial charge in [0, 0.05) is 17.6 Å². The van der Waals surface area contributed by atoms with Gasteiger partial charge in [-0.2, -0.15) is 0 Å². The molecule has 2 aromatic rings. The molecule has 0 radical (unpaired) electrons. The lowest BCUT2D eigenvalue weighted by Crippen LogP contribution is -2.12. The molecule has 3 rings (SSSR count). The number of fused-ring (bicyclic) bond motifs is 1. The second kappa shape index (κ2) is 6.04. The Labute approximate surface area is 132 Å². The fraction of sp³-hybridized carbons (Fsp3) is 0.533. The van der Waals surface area contributed by atoms with Crippen LogP contribution in [0.15, 0.2) is 22.7 Å². The standard InChI is InChI=1S/C15H18BrClN2O/c1-10(17)15-18-13-9-11(16)4-5-14(13)19(15)7-6-12-3-2-8-20-12/h4-5,9-10,12H,2-3,6-8H2,1H3. The zero-order valence-corrected chi connectivity index (χ0v) is 13.8. The van der Waals surface area contributed by atoms with Crippen LogP contribution in [0.1, 0.15) is 37.4 Å². The van der Waals surface area contributed by atoms with E-state index in [1.807, 2.05) is 13.0 Å². The summed E-state index contributed by atoms with van der Waals surface area (Å²) in [5.41, 5.74) is 2.14. The number of aromatic nitrogens is 2. The van der Waals surface area contributed by atoms with Crippen LogP contribution in [0.3, 0.4) is 0 Å². The zero-order valence-electron chi connectivity index (χ0n) is 11.5. The van der Waals surface area contributed by atoms with Crippen LogP contribution >= 0.6 is 27.5 Å². The molecule has 0 saturated carbocycles. The number of rotatable bonds is 4. The predicted molar refractivity (Wildman–Crippen MR) is 85.3 cm³/mol. The number of hydrogen-bond donors (Lipinski definition) is 0. The quantitative estimate of drug-likeness (QED) is 0.744. The summed E-state index contributed by atoms with van der Waals surface area (Å²) in [4.78, 5) is 4.68. The number of benzene rings is 1. The Morgan fingerprint density at radius 2 is 2.40 bits per heavy atom. The van der Waals surface area contributed by atoms with E-state index in [-0.39, 0.29) is 5.38 Å². The van der Waals surface area contributed by atoms with E-state index in [4.69, 9.17) is 16.3 Å². The van der Waals surface area contributed by atoms with Gasteiger partial charge in [0.25, 0.3) is 0 Å². The van der Waals surface area contributed by atoms with Crippen molar-refractivity contribution in [2.75, 3.05) is 6.61 Å². The first-order valence-corrected chi connectivity index (χ1v) is 8.29. The van der Waals surface area contributed by atoms with Crippen LogP contribution in [0.25, 0.3) is 11.0 Å². The molecule has 0 spiro atoms. The van der Waals surface area contributed by atoms with Crippen LogP contribution in [-0.4, -0.2) is 22.3 Å². The number of imidazole rings is 1. The van der Waals surface area contributed by atoms with E-state index in [9.17, 15) is 0 Å². The zero-order chi connectivity index (χ0) is 14.1. The van der Waals surface area contributed by atoms with Crippen molar-refractivity contribution in [3.05, 3.63) is 28.5 Å². The molecule has 3 nitrogen and oxygen atoms in total. The molecular formula is C15H18BrClN2O. The van der Waals surface area contributed by atoms with Crippen LogP contribution in [0.2, 0.25) is 0 Å². The third-order valence-corrected chi connectivity index (χ3v) is 4.48. The van der Waals surface area contributed by atoms with Gasteiger partial charge in [0.2, 0.25) is 0 Å². The third kappa shape index (κ3) is 2.87. The highest BCUT2D eigenvalue weighted by molar-refractivity contribution is 9.10. The molecule has 1 aliphatic heterocycles. The number of alkyl halides is 1. The van der Waals surface area contributed by atoms with Crippen molar-refractivity contribution in [1.82, 2.24) is 9.55 Å². The largest absolute Gasteiger partial charge is 0.378 e. The van der Waals surface area contributed by atoms with Crippen LogP contribution in [0.5, 0.6) is 0 Å². The highest BCUT2D eigenvalue weighted by atomic mass is 79.9. The summed E-state index contributed by atoms with van der Waals surface area (Å²) in [5.74, 6) is 0.942. The van der Waals surface area contributed by atoms with Crippen LogP contribution in [0.4, 0.5) is 0 Å². The molecule has 2 heterocycles. The number of hydrogen-bond acceptors (Lipinski definition) is 2. The summed E-state index contributed by atoms with van der Waals surface area (Å²) in [5, 5.41) is -0.0920. The molecule has 1 fully saturated rings. The van der Waals surface area contributed by atoms with E-state index in [1.54, 1.807) is 0 Å². The van der Waals surface area contributed by atoms with Crippen molar-refractivity contribution < 1.29 is 4.74 Å². The summed E-state index contributed by atoms with van der Waals surface area (Å²) in [6, 6.07) is 6.20. The Bertz CT molecular complexity index is 605. The van der Waals surface area contributed by atoms with Crippen LogP contribution < -0.4 is 0 Å². The molecule has 0 amide bonds. The average molecular weight is 358 g/mol. The Morgan fingerprint density at radius 1 is 1.55 bits per heavy atom. The van der Waals surface area contributed by atoms with Gasteiger partial charge in [0.15, 0.2) is 0 Å². The van der Waals surface area contributed by atoms with Crippen molar-refractivity contribution in [2.24, 2.45) is 0 Å². The van der Waals surface area contributed by atoms with Gasteiger partial charge in [-0.15, -0.1) is 11.6 Å². The minimum absolute atomic E-state index is 0.0920. The van der Waals surface area contributed by atoms with Crippen molar-refractivity contribution in [3.8, 4) is 0 Å². The van der Waals surface area contributed by atoms with Crippen molar-refractivity contribution >= 4 is 38.6 Å². The molecule has 1 aromatic carbocycles. The highest BCUT2D eigenvalue weighted by Crippen LogP contribution is 2.27. The Morgan fingerprint density at radius 3 is 3.10 bits per heavy atom. The third-order valence-electron chi connectivity index (χ3n) is 3.79. The molecular weight excluding hydrogens is 340 g/mol. The Hall–Kier alpha value is -0.580. The molecule has 2 unspecified atom stereocenters. The molecule has 1 aliphatic rings. The van der Waals surface area contributed by atoms with Crippen LogP contribution in [0, 0.1) is 0 Å². The molecule has 5 heteroatoms. The first kappa shape index (κ1) is 14.4. The number of aryl methyl sites for hydroxylation is 1. The average Bonchev–Trinajstić information content (AvgIpc) is 3.02.